The number of nitrogens with one attached hydrogen (secondary N) is 2. The lowest BCUT2D eigenvalue weighted by Crippen LogP contribution is -2.10. The van der Waals surface area contributed by atoms with E-state index in [2.05, 4.69) is 43.9 Å². The van der Waals surface area contributed by atoms with Gasteiger partial charge in [-0.05, 0) is 84.2 Å². The fraction of sp³-hybridized carbons (Fsp3) is 0. The van der Waals surface area contributed by atoms with E-state index in [1.807, 2.05) is 0 Å². The maximum Gasteiger partial charge on any atom is 0.295 e. The Kier molecular flexibility index (Phi) is 10.4. The Morgan fingerprint density at radius 2 is 1.10 bits per heavy atom. The molecule has 8 aromatic carbocycles. The maximum absolute atomic E-state index is 12.3. The van der Waals surface area contributed by atoms with Gasteiger partial charge in [-0.1, -0.05) is 42.5 Å². The van der Waals surface area contributed by atoms with Crippen LogP contribution < -0.4 is 16.6 Å². The minimum atomic E-state index is -4.88. The third-order valence-corrected chi connectivity index (χ3v) is 12.6. The summed E-state index contributed by atoms with van der Waals surface area (Å²) in [6, 6.07) is 29.8. The summed E-state index contributed by atoms with van der Waals surface area (Å²) in [5, 5.41) is 31.1. The number of phenols is 1. The molecule has 8 aromatic rings. The Balaban J connectivity index is 1.15. The van der Waals surface area contributed by atoms with E-state index < -0.39 is 40.1 Å². The lowest BCUT2D eigenvalue weighted by atomic mass is 10.1. The molecule has 0 spiro atoms. The first kappa shape index (κ1) is 41.0. The average molecular weight is 896 g/mol. The van der Waals surface area contributed by atoms with E-state index >= 15 is 0 Å². The Morgan fingerprint density at radius 3 is 1.74 bits per heavy atom. The Morgan fingerprint density at radius 1 is 0.508 bits per heavy atom. The molecule has 308 valence electrons. The number of hydrogen-bond acceptors (Lipinski definition) is 15. The first-order valence-electron chi connectivity index (χ1n) is 17.5. The van der Waals surface area contributed by atoms with Crippen LogP contribution in [0.4, 0.5) is 39.8 Å². The lowest BCUT2D eigenvalue weighted by Gasteiger charge is -2.17. The van der Waals surface area contributed by atoms with Crippen LogP contribution in [-0.4, -0.2) is 44.0 Å². The lowest BCUT2D eigenvalue weighted by molar-refractivity contribution is 0.481. The summed E-state index contributed by atoms with van der Waals surface area (Å²) in [7, 11) is -14.3. The molecule has 8 N–H and O–H groups in total. The highest BCUT2D eigenvalue weighted by atomic mass is 32.2. The van der Waals surface area contributed by atoms with Gasteiger partial charge in [0.1, 0.15) is 21.2 Å². The first-order chi connectivity index (χ1) is 28.9. The van der Waals surface area contributed by atoms with Crippen LogP contribution in [0.15, 0.2) is 161 Å². The normalized spacial score (nSPS) is 12.7. The van der Waals surface area contributed by atoms with Crippen LogP contribution >= 0.6 is 12.6 Å². The topological polar surface area (TPSA) is 283 Å². The van der Waals surface area contributed by atoms with E-state index in [4.69, 9.17) is 5.73 Å². The quantitative estimate of drug-likeness (QED) is 0.0159. The SMILES string of the molecule is Nc1ccc2c(O)c(NNc3ccc(N=Nc4ccc(N=Nc5cc(S(=O)(=O)O)c6cccc(S(=O)(=O)O)c6c5)c5ccccc45)c4ccc(S(=O)(=O)O)cc34)c(S)cc2c1. The molecule has 61 heavy (non-hydrogen) atoms. The number of thiol groups is 1. The van der Waals surface area contributed by atoms with Crippen molar-refractivity contribution in [3.8, 4) is 5.75 Å². The van der Waals surface area contributed by atoms with Crippen molar-refractivity contribution in [2.45, 2.75) is 19.6 Å². The predicted octanol–water partition coefficient (Wildman–Crippen LogP) is 9.89. The van der Waals surface area contributed by atoms with Gasteiger partial charge in [0.2, 0.25) is 0 Å². The van der Waals surface area contributed by atoms with Crippen LogP contribution in [-0.2, 0) is 30.4 Å². The molecule has 0 aliphatic carbocycles. The Hall–Kier alpha value is -6.72. The highest BCUT2D eigenvalue weighted by Crippen LogP contribution is 2.41. The smallest absolute Gasteiger partial charge is 0.295 e. The average Bonchev–Trinajstić information content (AvgIpc) is 3.20. The molecule has 0 saturated carbocycles. The minimum absolute atomic E-state index is 0.114. The zero-order valence-electron chi connectivity index (χ0n) is 30.8. The fourth-order valence-electron chi connectivity index (χ4n) is 6.78. The van der Waals surface area contributed by atoms with Crippen LogP contribution in [0.5, 0.6) is 5.75 Å². The van der Waals surface area contributed by atoms with E-state index in [0.29, 0.717) is 65.6 Å². The molecule has 0 aliphatic rings. The van der Waals surface area contributed by atoms with Crippen molar-refractivity contribution < 1.29 is 44.0 Å². The number of phenolic OH excluding ortho intramolecular Hbond substituents is 1. The summed E-state index contributed by atoms with van der Waals surface area (Å²) < 4.78 is 103. The minimum Gasteiger partial charge on any atom is -0.505 e. The molecule has 0 bridgehead atoms. The number of hydrazine groups is 1. The standard InChI is InChI=1S/C40H29N7O10S4/c41-22-8-10-25-21(16-22)17-36(58)39(40(25)48)47-46-35-15-14-34(28-11-9-24(20-30(28)35)59(49,50)51)45-44-33-13-12-32(26-4-1-2-5-27(26)33)43-42-23-18-31-29(38(19-23)61(55,56)57)6-3-7-37(31)60(52,53)54/h1-20,46-48,58H,41H2,(H,49,50,51)(H,52,53,54)(H,55,56,57). The number of anilines is 3. The summed E-state index contributed by atoms with van der Waals surface area (Å²) in [5.41, 5.74) is 13.8. The van der Waals surface area contributed by atoms with Crippen molar-refractivity contribution in [3.63, 3.8) is 0 Å². The molecule has 0 amide bonds. The summed E-state index contributed by atoms with van der Waals surface area (Å²) in [6.07, 6.45) is 0. The fourth-order valence-corrected chi connectivity index (χ4v) is 9.01. The van der Waals surface area contributed by atoms with Gasteiger partial charge in [0, 0.05) is 48.3 Å². The van der Waals surface area contributed by atoms with Gasteiger partial charge in [-0.2, -0.15) is 30.4 Å². The van der Waals surface area contributed by atoms with Gasteiger partial charge in [0.15, 0.2) is 0 Å². The van der Waals surface area contributed by atoms with Gasteiger partial charge >= 0.3 is 0 Å². The van der Waals surface area contributed by atoms with E-state index in [0.717, 1.165) is 12.1 Å². The molecule has 0 heterocycles. The number of nitrogen functional groups attached to an aromatic ring is 1. The van der Waals surface area contributed by atoms with E-state index in [1.54, 1.807) is 72.8 Å². The Bertz CT molecular complexity index is 3570. The number of nitrogens with zero attached hydrogens (tertiary/aromatic N) is 4. The number of nitrogens with two attached hydrogens (primary N) is 1. The maximum atomic E-state index is 12.3. The number of benzene rings is 8. The largest absolute Gasteiger partial charge is 0.505 e. The first-order valence-corrected chi connectivity index (χ1v) is 22.3. The summed E-state index contributed by atoms with van der Waals surface area (Å²) >= 11 is 4.52. The number of rotatable bonds is 10. The number of fused-ring (bicyclic) bond motifs is 4. The van der Waals surface area contributed by atoms with Gasteiger partial charge < -0.3 is 16.3 Å². The van der Waals surface area contributed by atoms with Crippen molar-refractivity contribution >= 4 is 126 Å². The van der Waals surface area contributed by atoms with Crippen molar-refractivity contribution in [2.24, 2.45) is 20.5 Å². The van der Waals surface area contributed by atoms with Gasteiger partial charge in [-0.25, -0.2) is 0 Å². The second kappa shape index (κ2) is 15.4. The second-order valence-corrected chi connectivity index (χ2v) is 18.1. The van der Waals surface area contributed by atoms with E-state index in [9.17, 15) is 44.0 Å². The van der Waals surface area contributed by atoms with Crippen LogP contribution in [0.25, 0.3) is 43.1 Å². The molecule has 0 aliphatic heterocycles. The van der Waals surface area contributed by atoms with E-state index in [-0.39, 0.29) is 32.8 Å². The summed E-state index contributed by atoms with van der Waals surface area (Å²) in [5.74, 6) is -0.114. The van der Waals surface area contributed by atoms with Crippen LogP contribution in [0.1, 0.15) is 0 Å². The highest BCUT2D eigenvalue weighted by Gasteiger charge is 2.22. The summed E-state index contributed by atoms with van der Waals surface area (Å²) in [6.45, 7) is 0. The van der Waals surface area contributed by atoms with Gasteiger partial charge in [0.25, 0.3) is 30.4 Å². The molecule has 8 rings (SSSR count). The molecular formula is C40H29N7O10S4. The van der Waals surface area contributed by atoms with Crippen LogP contribution in [0.2, 0.25) is 0 Å². The van der Waals surface area contributed by atoms with Crippen molar-refractivity contribution in [3.05, 3.63) is 121 Å². The monoisotopic (exact) mass is 895 g/mol. The number of aromatic hydroxyl groups is 1. The highest BCUT2D eigenvalue weighted by molar-refractivity contribution is 7.86. The molecular weight excluding hydrogens is 867 g/mol. The zero-order valence-corrected chi connectivity index (χ0v) is 34.2. The third kappa shape index (κ3) is 8.13. The van der Waals surface area contributed by atoms with Crippen molar-refractivity contribution in [1.82, 2.24) is 0 Å². The zero-order chi connectivity index (χ0) is 43.4. The molecule has 0 atom stereocenters. The molecule has 0 aromatic heterocycles. The number of azo groups is 2. The Labute approximate surface area is 351 Å². The molecule has 21 heteroatoms. The third-order valence-electron chi connectivity index (χ3n) is 9.58. The van der Waals surface area contributed by atoms with Crippen LogP contribution in [0, 0.1) is 0 Å². The van der Waals surface area contributed by atoms with E-state index in [1.165, 1.54) is 36.4 Å². The molecule has 0 radical (unpaired) electrons. The molecule has 17 nitrogen and oxygen atoms in total. The molecule has 0 unspecified atom stereocenters. The predicted molar refractivity (Wildman–Crippen MR) is 234 cm³/mol. The molecule has 0 saturated heterocycles. The van der Waals surface area contributed by atoms with Gasteiger partial charge in [0.05, 0.1) is 33.3 Å². The van der Waals surface area contributed by atoms with Gasteiger partial charge in [-0.15, -0.1) is 28.0 Å². The molecule has 0 fully saturated rings. The van der Waals surface area contributed by atoms with Crippen LogP contribution in [0.3, 0.4) is 0 Å². The van der Waals surface area contributed by atoms with Crippen molar-refractivity contribution in [1.29, 1.82) is 0 Å². The summed E-state index contributed by atoms with van der Waals surface area (Å²) in [4.78, 5) is -1.24. The van der Waals surface area contributed by atoms with Gasteiger partial charge in [-0.3, -0.25) is 19.1 Å². The van der Waals surface area contributed by atoms with Crippen molar-refractivity contribution in [2.75, 3.05) is 16.6 Å². The number of hydrogen-bond donors (Lipinski definition) is 8. The second-order valence-electron chi connectivity index (χ2n) is 13.5.